The van der Waals surface area contributed by atoms with Crippen molar-refractivity contribution >= 4 is 16.0 Å². The van der Waals surface area contributed by atoms with Gasteiger partial charge in [-0.05, 0) is 18.0 Å². The lowest BCUT2D eigenvalue weighted by molar-refractivity contribution is -0.115. The molecule has 1 rings (SSSR count). The molecule has 0 spiro atoms. The van der Waals surface area contributed by atoms with Gasteiger partial charge in [-0.2, -0.15) is 0 Å². The Hall–Kier alpha value is -0.373. The fourth-order valence-electron chi connectivity index (χ4n) is 0.758. The predicted molar refractivity (Wildman–Crippen MR) is 32.7 cm³/mol. The Balaban J connectivity index is 2.67. The van der Waals surface area contributed by atoms with E-state index in [1.54, 1.807) is 0 Å². The van der Waals surface area contributed by atoms with Gasteiger partial charge in [-0.25, -0.2) is 0 Å². The molecule has 0 aromatic carbocycles. The van der Waals surface area contributed by atoms with E-state index in [4.69, 9.17) is 0 Å². The van der Waals surface area contributed by atoms with E-state index in [1.807, 2.05) is 6.08 Å². The molecule has 0 atom stereocenters. The summed E-state index contributed by atoms with van der Waals surface area (Å²) in [5.41, 5.74) is 0. The molecule has 0 saturated carbocycles. The van der Waals surface area contributed by atoms with Crippen LogP contribution >= 0.6 is 0 Å². The highest BCUT2D eigenvalue weighted by Crippen LogP contribution is 2.10. The van der Waals surface area contributed by atoms with Crippen LogP contribution in [0.25, 0.3) is 0 Å². The summed E-state index contributed by atoms with van der Waals surface area (Å²) in [6, 6.07) is 0. The van der Waals surface area contributed by atoms with Gasteiger partial charge in [0.2, 0.25) is 0 Å². The Labute approximate surface area is 52.2 Å². The maximum absolute atomic E-state index is 10.7. The first-order chi connectivity index (χ1) is 3.80. The topological polar surface area (TPSA) is 17.1 Å². The molecule has 0 aromatic heterocycles. The first-order valence-electron chi connectivity index (χ1n) is 2.75. The molecular weight excluding hydrogens is 116 g/mol. The Bertz CT molecular complexity index is 137. The first kappa shape index (κ1) is 5.76. The molecule has 1 aliphatic carbocycles. The maximum atomic E-state index is 10.7. The van der Waals surface area contributed by atoms with Gasteiger partial charge in [0.1, 0.15) is 0 Å². The number of hydrogen-bond donors (Lipinski definition) is 0. The van der Waals surface area contributed by atoms with Gasteiger partial charge in [-0.1, -0.05) is 6.08 Å². The quantitative estimate of drug-likeness (QED) is 0.435. The second kappa shape index (κ2) is 2.26. The fraction of sp³-hybridized carbons (Fsp3) is 0.500. The zero-order valence-electron chi connectivity index (χ0n) is 4.61. The summed E-state index contributed by atoms with van der Waals surface area (Å²) in [5.74, 6) is 0.243. The number of allylic oxidation sites excluding steroid dienone is 2. The number of ketones is 1. The van der Waals surface area contributed by atoms with Gasteiger partial charge < -0.3 is 0 Å². The van der Waals surface area contributed by atoms with Crippen LogP contribution in [0.1, 0.15) is 19.3 Å². The lowest BCUT2D eigenvalue weighted by Crippen LogP contribution is -2.05. The molecule has 3 radical (unpaired) electrons. The minimum Gasteiger partial charge on any atom is -0.295 e. The molecule has 0 unspecified atom stereocenters. The minimum atomic E-state index is 0.243. The van der Waals surface area contributed by atoms with E-state index in [0.29, 0.717) is 0 Å². The summed E-state index contributed by atoms with van der Waals surface area (Å²) in [5, 5.41) is 0.760. The van der Waals surface area contributed by atoms with E-state index < -0.39 is 0 Å². The molecular formula is C6H7OSi. The zero-order chi connectivity index (χ0) is 5.98. The Morgan fingerprint density at radius 1 is 1.62 bits per heavy atom. The normalized spacial score (nSPS) is 20.6. The Kier molecular flexibility index (Phi) is 1.63. The third-order valence-corrected chi connectivity index (χ3v) is 1.74. The maximum Gasteiger partial charge on any atom is 0.153 e. The van der Waals surface area contributed by atoms with Crippen molar-refractivity contribution in [2.45, 2.75) is 19.3 Å². The van der Waals surface area contributed by atoms with Gasteiger partial charge in [-0.3, -0.25) is 4.79 Å². The van der Waals surface area contributed by atoms with Crippen molar-refractivity contribution in [2.24, 2.45) is 0 Å². The van der Waals surface area contributed by atoms with Crippen LogP contribution < -0.4 is 0 Å². The van der Waals surface area contributed by atoms with Crippen molar-refractivity contribution in [1.29, 1.82) is 0 Å². The highest BCUT2D eigenvalue weighted by atomic mass is 28.1. The van der Waals surface area contributed by atoms with Gasteiger partial charge >= 0.3 is 0 Å². The molecule has 0 aromatic rings. The van der Waals surface area contributed by atoms with Gasteiger partial charge in [-0.15, -0.1) is 0 Å². The standard InChI is InChI=1S/C6H7OSi/c7-5-3-1-2-4-6(5)8/h4H,1-3H2. The van der Waals surface area contributed by atoms with Gasteiger partial charge in [0.05, 0.1) is 10.2 Å². The van der Waals surface area contributed by atoms with E-state index in [9.17, 15) is 4.79 Å². The molecule has 2 heteroatoms. The molecule has 0 N–H and O–H groups in total. The molecule has 0 aliphatic heterocycles. The second-order valence-corrected chi connectivity index (χ2v) is 2.47. The van der Waals surface area contributed by atoms with Crippen LogP contribution in [0.15, 0.2) is 11.3 Å². The monoisotopic (exact) mass is 123 g/mol. The second-order valence-electron chi connectivity index (χ2n) is 1.93. The third-order valence-electron chi connectivity index (χ3n) is 1.26. The Morgan fingerprint density at radius 2 is 2.38 bits per heavy atom. The molecule has 8 heavy (non-hydrogen) atoms. The highest BCUT2D eigenvalue weighted by molar-refractivity contribution is 6.36. The molecule has 1 aliphatic rings. The van der Waals surface area contributed by atoms with E-state index in [1.165, 1.54) is 0 Å². The van der Waals surface area contributed by atoms with Crippen molar-refractivity contribution < 1.29 is 4.79 Å². The summed E-state index contributed by atoms with van der Waals surface area (Å²) >= 11 is 0. The number of carbonyl (C=O) groups excluding carboxylic acids is 1. The summed E-state index contributed by atoms with van der Waals surface area (Å²) < 4.78 is 0. The summed E-state index contributed by atoms with van der Waals surface area (Å²) in [6.07, 6.45) is 4.72. The van der Waals surface area contributed by atoms with E-state index in [-0.39, 0.29) is 5.78 Å². The van der Waals surface area contributed by atoms with Crippen molar-refractivity contribution in [3.05, 3.63) is 11.3 Å². The molecule has 0 heterocycles. The Morgan fingerprint density at radius 3 is 2.75 bits per heavy atom. The number of Topliss-reactive ketones (excluding diaryl/α,β-unsaturated/α-hetero) is 1. The third kappa shape index (κ3) is 1.07. The van der Waals surface area contributed by atoms with E-state index >= 15 is 0 Å². The van der Waals surface area contributed by atoms with Crippen LogP contribution in [0.2, 0.25) is 0 Å². The highest BCUT2D eigenvalue weighted by Gasteiger charge is 2.06. The average Bonchev–Trinajstić information content (AvgIpc) is 1.77. The summed E-state index contributed by atoms with van der Waals surface area (Å²) in [6.45, 7) is 0. The number of hydrogen-bond acceptors (Lipinski definition) is 1. The van der Waals surface area contributed by atoms with Crippen molar-refractivity contribution in [3.63, 3.8) is 0 Å². The van der Waals surface area contributed by atoms with Crippen LogP contribution in [0.3, 0.4) is 0 Å². The molecule has 0 bridgehead atoms. The molecule has 0 fully saturated rings. The molecule has 1 nitrogen and oxygen atoms in total. The fourth-order valence-corrected chi connectivity index (χ4v) is 1.03. The van der Waals surface area contributed by atoms with Crippen LogP contribution in [0.5, 0.6) is 0 Å². The first-order valence-corrected chi connectivity index (χ1v) is 3.25. The van der Waals surface area contributed by atoms with Crippen molar-refractivity contribution in [3.8, 4) is 0 Å². The van der Waals surface area contributed by atoms with Crippen LogP contribution in [0.4, 0.5) is 0 Å². The molecule has 41 valence electrons. The average molecular weight is 123 g/mol. The lowest BCUT2D eigenvalue weighted by atomic mass is 10.1. The zero-order valence-corrected chi connectivity index (χ0v) is 5.61. The lowest BCUT2D eigenvalue weighted by Gasteiger charge is -2.04. The largest absolute Gasteiger partial charge is 0.295 e. The molecule has 0 amide bonds. The van der Waals surface area contributed by atoms with Crippen LogP contribution in [0, 0.1) is 0 Å². The number of carbonyl (C=O) groups is 1. The van der Waals surface area contributed by atoms with E-state index in [2.05, 4.69) is 10.2 Å². The predicted octanol–water partition coefficient (Wildman–Crippen LogP) is 0.792. The number of rotatable bonds is 0. The summed E-state index contributed by atoms with van der Waals surface area (Å²) in [4.78, 5) is 10.7. The smallest absolute Gasteiger partial charge is 0.153 e. The van der Waals surface area contributed by atoms with Crippen LogP contribution in [-0.4, -0.2) is 16.0 Å². The molecule has 0 saturated heterocycles. The van der Waals surface area contributed by atoms with Gasteiger partial charge in [0.15, 0.2) is 5.78 Å². The van der Waals surface area contributed by atoms with Gasteiger partial charge in [0, 0.05) is 6.42 Å². The van der Waals surface area contributed by atoms with Gasteiger partial charge in [0.25, 0.3) is 0 Å². The van der Waals surface area contributed by atoms with Crippen molar-refractivity contribution in [1.82, 2.24) is 0 Å². The van der Waals surface area contributed by atoms with E-state index in [0.717, 1.165) is 24.5 Å². The van der Waals surface area contributed by atoms with Crippen molar-refractivity contribution in [2.75, 3.05) is 0 Å². The SMILES string of the molecule is O=C1CCCC=C1[Si]. The summed E-state index contributed by atoms with van der Waals surface area (Å²) in [7, 11) is 3.21. The minimum absolute atomic E-state index is 0.243. The van der Waals surface area contributed by atoms with Crippen LogP contribution in [-0.2, 0) is 4.79 Å².